The summed E-state index contributed by atoms with van der Waals surface area (Å²) < 4.78 is 5.30. The summed E-state index contributed by atoms with van der Waals surface area (Å²) in [5.41, 5.74) is 1.19. The number of halogens is 1. The summed E-state index contributed by atoms with van der Waals surface area (Å²) in [5.74, 6) is -0.277. The number of hydrogen-bond donors (Lipinski definition) is 0. The molecule has 0 aliphatic rings. The molecule has 0 unspecified atom stereocenters. The minimum absolute atomic E-state index is 0.122. The molecule has 2 aromatic carbocycles. The van der Waals surface area contributed by atoms with Crippen LogP contribution in [-0.2, 0) is 6.54 Å². The van der Waals surface area contributed by atoms with Crippen molar-refractivity contribution in [1.82, 2.24) is 4.98 Å². The second kappa shape index (κ2) is 9.16. The average molecular weight is 412 g/mol. The van der Waals surface area contributed by atoms with Crippen molar-refractivity contribution in [3.63, 3.8) is 0 Å². The van der Waals surface area contributed by atoms with Gasteiger partial charge < -0.3 is 9.64 Å². The lowest BCUT2D eigenvalue weighted by atomic mass is 10.1. The van der Waals surface area contributed by atoms with Gasteiger partial charge in [0.1, 0.15) is 0 Å². The molecule has 3 aromatic rings. The smallest absolute Gasteiger partial charge is 0.311 e. The van der Waals surface area contributed by atoms with E-state index in [1.54, 1.807) is 49.5 Å². The van der Waals surface area contributed by atoms with E-state index in [4.69, 9.17) is 16.3 Å². The number of carbonyl (C=O) groups excluding carboxylic acids is 1. The van der Waals surface area contributed by atoms with Gasteiger partial charge in [-0.25, -0.2) is 0 Å². The molecule has 148 valence electrons. The Morgan fingerprint density at radius 1 is 1.17 bits per heavy atom. The van der Waals surface area contributed by atoms with Crippen molar-refractivity contribution in [2.75, 3.05) is 11.5 Å². The molecule has 0 atom stereocenters. The first kappa shape index (κ1) is 20.3. The van der Waals surface area contributed by atoms with Crippen LogP contribution in [0.1, 0.15) is 23.0 Å². The highest BCUT2D eigenvalue weighted by Gasteiger charge is 2.23. The number of anilines is 1. The summed E-state index contributed by atoms with van der Waals surface area (Å²) in [7, 11) is 0. The summed E-state index contributed by atoms with van der Waals surface area (Å²) in [4.78, 5) is 29.9. The second-order valence-electron chi connectivity index (χ2n) is 6.06. The molecule has 0 saturated carbocycles. The fourth-order valence-electron chi connectivity index (χ4n) is 2.78. The van der Waals surface area contributed by atoms with Gasteiger partial charge in [-0.3, -0.25) is 19.9 Å². The Kier molecular flexibility index (Phi) is 6.41. The molecule has 0 aliphatic heterocycles. The lowest BCUT2D eigenvalue weighted by Gasteiger charge is -2.23. The zero-order valence-corrected chi connectivity index (χ0v) is 16.4. The molecule has 0 spiro atoms. The van der Waals surface area contributed by atoms with E-state index < -0.39 is 10.8 Å². The Morgan fingerprint density at radius 3 is 2.55 bits per heavy atom. The number of amides is 1. The predicted octanol–water partition coefficient (Wildman–Crippen LogP) is 4.89. The standard InChI is InChI=1S/C21H18ClN3O4/c1-2-29-20-11-6-15(13-19(20)25(27)28)21(26)24(14-17-5-3-4-12-23-17)18-9-7-16(22)8-10-18/h3-13H,2,14H2,1H3. The van der Waals surface area contributed by atoms with Crippen molar-refractivity contribution in [3.05, 3.63) is 93.3 Å². The number of carbonyl (C=O) groups is 1. The molecule has 1 aromatic heterocycles. The summed E-state index contributed by atoms with van der Waals surface area (Å²) in [6.07, 6.45) is 1.64. The molecule has 0 bridgehead atoms. The average Bonchev–Trinajstić information content (AvgIpc) is 2.73. The molecule has 0 radical (unpaired) electrons. The van der Waals surface area contributed by atoms with Gasteiger partial charge in [-0.05, 0) is 55.5 Å². The van der Waals surface area contributed by atoms with E-state index >= 15 is 0 Å². The molecule has 1 amide bonds. The van der Waals surface area contributed by atoms with Crippen LogP contribution >= 0.6 is 11.6 Å². The van der Waals surface area contributed by atoms with Gasteiger partial charge in [0.25, 0.3) is 5.91 Å². The van der Waals surface area contributed by atoms with E-state index in [0.29, 0.717) is 16.4 Å². The minimum atomic E-state index is -0.562. The zero-order chi connectivity index (χ0) is 20.8. The van der Waals surface area contributed by atoms with Crippen molar-refractivity contribution >= 4 is 28.9 Å². The summed E-state index contributed by atoms with van der Waals surface area (Å²) in [5, 5.41) is 12.0. The van der Waals surface area contributed by atoms with Crippen molar-refractivity contribution in [3.8, 4) is 5.75 Å². The lowest BCUT2D eigenvalue weighted by molar-refractivity contribution is -0.385. The molecule has 0 aliphatic carbocycles. The number of benzene rings is 2. The highest BCUT2D eigenvalue weighted by Crippen LogP contribution is 2.30. The second-order valence-corrected chi connectivity index (χ2v) is 6.50. The Morgan fingerprint density at radius 2 is 1.93 bits per heavy atom. The minimum Gasteiger partial charge on any atom is -0.487 e. The Hall–Kier alpha value is -3.45. The number of nitrogens with zero attached hydrogens (tertiary/aromatic N) is 3. The topological polar surface area (TPSA) is 85.6 Å². The molecule has 1 heterocycles. The predicted molar refractivity (Wildman–Crippen MR) is 110 cm³/mol. The van der Waals surface area contributed by atoms with Crippen LogP contribution < -0.4 is 9.64 Å². The van der Waals surface area contributed by atoms with Crippen LogP contribution in [0.2, 0.25) is 5.02 Å². The molecule has 7 nitrogen and oxygen atoms in total. The normalized spacial score (nSPS) is 10.4. The maximum atomic E-state index is 13.3. The van der Waals surface area contributed by atoms with Gasteiger partial charge in [0.05, 0.1) is 23.8 Å². The molecule has 3 rings (SSSR count). The van der Waals surface area contributed by atoms with Gasteiger partial charge in [-0.15, -0.1) is 0 Å². The van der Waals surface area contributed by atoms with Crippen molar-refractivity contribution in [1.29, 1.82) is 0 Å². The zero-order valence-electron chi connectivity index (χ0n) is 15.6. The molecule has 0 saturated heterocycles. The SMILES string of the molecule is CCOc1ccc(C(=O)N(Cc2ccccn2)c2ccc(Cl)cc2)cc1[N+](=O)[O-]. The number of pyridine rings is 1. The highest BCUT2D eigenvalue weighted by molar-refractivity contribution is 6.30. The third-order valence-electron chi connectivity index (χ3n) is 4.13. The van der Waals surface area contributed by atoms with Crippen molar-refractivity contribution < 1.29 is 14.5 Å². The molecule has 29 heavy (non-hydrogen) atoms. The first-order chi connectivity index (χ1) is 14.0. The van der Waals surface area contributed by atoms with Crippen LogP contribution in [0.4, 0.5) is 11.4 Å². The first-order valence-corrected chi connectivity index (χ1v) is 9.26. The Labute approximate surface area is 172 Å². The van der Waals surface area contributed by atoms with Crippen LogP contribution in [0.5, 0.6) is 5.75 Å². The van der Waals surface area contributed by atoms with Crippen LogP contribution in [0.25, 0.3) is 0 Å². The first-order valence-electron chi connectivity index (χ1n) is 8.88. The van der Waals surface area contributed by atoms with Gasteiger partial charge in [-0.1, -0.05) is 17.7 Å². The fraction of sp³-hybridized carbons (Fsp3) is 0.143. The quantitative estimate of drug-likeness (QED) is 0.408. The van der Waals surface area contributed by atoms with Gasteiger partial charge in [0.15, 0.2) is 5.75 Å². The molecular weight excluding hydrogens is 394 g/mol. The Balaban J connectivity index is 2.01. The number of ether oxygens (including phenoxy) is 1. The maximum Gasteiger partial charge on any atom is 0.311 e. The van der Waals surface area contributed by atoms with Crippen LogP contribution in [0.15, 0.2) is 66.9 Å². The molecule has 0 fully saturated rings. The van der Waals surface area contributed by atoms with Crippen molar-refractivity contribution in [2.24, 2.45) is 0 Å². The van der Waals surface area contributed by atoms with Crippen LogP contribution in [0, 0.1) is 10.1 Å². The van der Waals surface area contributed by atoms with E-state index in [9.17, 15) is 14.9 Å². The third kappa shape index (κ3) is 4.89. The molecule has 0 N–H and O–H groups in total. The maximum absolute atomic E-state index is 13.3. The Bertz CT molecular complexity index is 1010. The largest absolute Gasteiger partial charge is 0.487 e. The number of nitro groups is 1. The number of nitro benzene ring substituents is 1. The number of rotatable bonds is 7. The number of aromatic nitrogens is 1. The van der Waals surface area contributed by atoms with E-state index in [2.05, 4.69) is 4.98 Å². The van der Waals surface area contributed by atoms with Gasteiger partial charge >= 0.3 is 5.69 Å². The van der Waals surface area contributed by atoms with Crippen molar-refractivity contribution in [2.45, 2.75) is 13.5 Å². The van der Waals surface area contributed by atoms with Gasteiger partial charge in [0.2, 0.25) is 0 Å². The highest BCUT2D eigenvalue weighted by atomic mass is 35.5. The fourth-order valence-corrected chi connectivity index (χ4v) is 2.91. The van der Waals surface area contributed by atoms with E-state index in [1.807, 2.05) is 6.07 Å². The van der Waals surface area contributed by atoms with Crippen LogP contribution in [-0.4, -0.2) is 22.4 Å². The van der Waals surface area contributed by atoms with Crippen LogP contribution in [0.3, 0.4) is 0 Å². The summed E-state index contributed by atoms with van der Waals surface area (Å²) in [6.45, 7) is 2.21. The van der Waals surface area contributed by atoms with Gasteiger partial charge in [0, 0.05) is 28.5 Å². The van der Waals surface area contributed by atoms with E-state index in [-0.39, 0.29) is 30.2 Å². The summed E-state index contributed by atoms with van der Waals surface area (Å²) in [6, 6.07) is 16.4. The lowest BCUT2D eigenvalue weighted by Crippen LogP contribution is -2.30. The van der Waals surface area contributed by atoms with Gasteiger partial charge in [-0.2, -0.15) is 0 Å². The molecule has 8 heteroatoms. The summed E-state index contributed by atoms with van der Waals surface area (Å²) >= 11 is 5.97. The number of hydrogen-bond acceptors (Lipinski definition) is 5. The van der Waals surface area contributed by atoms with E-state index in [1.165, 1.54) is 23.1 Å². The monoisotopic (exact) mass is 411 g/mol. The van der Waals surface area contributed by atoms with E-state index in [0.717, 1.165) is 0 Å². The third-order valence-corrected chi connectivity index (χ3v) is 4.38. The molecular formula is C21H18ClN3O4.